The van der Waals surface area contributed by atoms with Crippen LogP contribution in [0.25, 0.3) is 0 Å². The molecule has 74 valence electrons. The summed E-state index contributed by atoms with van der Waals surface area (Å²) in [6.45, 7) is 0. The number of rotatable bonds is 2. The summed E-state index contributed by atoms with van der Waals surface area (Å²) in [5.74, 6) is -3.07. The molecule has 0 spiro atoms. The van der Waals surface area contributed by atoms with Crippen molar-refractivity contribution in [3.05, 3.63) is 21.7 Å². The van der Waals surface area contributed by atoms with E-state index in [4.69, 9.17) is 33.4 Å². The fourth-order valence-corrected chi connectivity index (χ4v) is 0.946. The molecule has 1 heterocycles. The number of aromatic carboxylic acids is 2. The van der Waals surface area contributed by atoms with E-state index in [2.05, 4.69) is 9.97 Å². The molecule has 0 radical (unpaired) electrons. The van der Waals surface area contributed by atoms with Crippen LogP contribution in [0.5, 0.6) is 0 Å². The predicted molar refractivity (Wildman–Crippen MR) is 46.0 cm³/mol. The maximum Gasteiger partial charge on any atom is 0.357 e. The molecule has 6 nitrogen and oxygen atoms in total. The van der Waals surface area contributed by atoms with Crippen LogP contribution in [0.2, 0.25) is 10.3 Å². The zero-order valence-corrected chi connectivity index (χ0v) is 7.87. The second-order valence-electron chi connectivity index (χ2n) is 2.11. The highest BCUT2D eigenvalue weighted by Gasteiger charge is 2.21. The summed E-state index contributed by atoms with van der Waals surface area (Å²) >= 11 is 10.7. The van der Waals surface area contributed by atoms with E-state index in [0.29, 0.717) is 0 Å². The topological polar surface area (TPSA) is 100 Å². The average molecular weight is 237 g/mol. The van der Waals surface area contributed by atoms with Crippen LogP contribution in [0.3, 0.4) is 0 Å². The Kier molecular flexibility index (Phi) is 2.87. The Labute approximate surface area is 87.1 Å². The quantitative estimate of drug-likeness (QED) is 0.800. The van der Waals surface area contributed by atoms with E-state index < -0.39 is 23.3 Å². The third-order valence-corrected chi connectivity index (χ3v) is 1.84. The van der Waals surface area contributed by atoms with Gasteiger partial charge in [-0.25, -0.2) is 19.6 Å². The number of carboxylic acid groups (broad SMARTS) is 2. The minimum absolute atomic E-state index is 0.353. The Morgan fingerprint density at radius 1 is 0.929 bits per heavy atom. The van der Waals surface area contributed by atoms with Crippen molar-refractivity contribution >= 4 is 35.1 Å². The molecule has 0 fully saturated rings. The molecule has 0 aromatic carbocycles. The summed E-state index contributed by atoms with van der Waals surface area (Å²) in [7, 11) is 0. The molecule has 8 heteroatoms. The number of hydrogen-bond acceptors (Lipinski definition) is 4. The molecular formula is C6H2Cl2N2O4. The van der Waals surface area contributed by atoms with E-state index in [1.165, 1.54) is 0 Å². The van der Waals surface area contributed by atoms with Crippen molar-refractivity contribution in [2.24, 2.45) is 0 Å². The molecule has 1 rings (SSSR count). The zero-order chi connectivity index (χ0) is 10.9. The third-order valence-electron chi connectivity index (χ3n) is 1.22. The van der Waals surface area contributed by atoms with Crippen LogP contribution in [0.4, 0.5) is 0 Å². The number of hydrogen-bond donors (Lipinski definition) is 2. The van der Waals surface area contributed by atoms with Gasteiger partial charge in [0.1, 0.15) is 0 Å². The molecule has 1 aromatic heterocycles. The van der Waals surface area contributed by atoms with E-state index in [1.54, 1.807) is 0 Å². The molecule has 0 aliphatic heterocycles. The molecule has 0 unspecified atom stereocenters. The number of halogens is 2. The second kappa shape index (κ2) is 3.77. The summed E-state index contributed by atoms with van der Waals surface area (Å²) < 4.78 is 0. The fraction of sp³-hybridized carbons (Fsp3) is 0. The first-order valence-corrected chi connectivity index (χ1v) is 3.88. The molecule has 2 N–H and O–H groups in total. The van der Waals surface area contributed by atoms with Crippen molar-refractivity contribution in [2.75, 3.05) is 0 Å². The van der Waals surface area contributed by atoms with Crippen molar-refractivity contribution in [1.82, 2.24) is 9.97 Å². The highest BCUT2D eigenvalue weighted by molar-refractivity contribution is 6.40. The highest BCUT2D eigenvalue weighted by Crippen LogP contribution is 2.18. The Morgan fingerprint density at radius 2 is 1.21 bits per heavy atom. The Hall–Kier alpha value is -1.40. The van der Waals surface area contributed by atoms with Crippen LogP contribution in [0.15, 0.2) is 0 Å². The van der Waals surface area contributed by atoms with Crippen LogP contribution >= 0.6 is 23.2 Å². The Bertz CT molecular complexity index is 382. The molecule has 0 atom stereocenters. The lowest BCUT2D eigenvalue weighted by atomic mass is 10.3. The largest absolute Gasteiger partial charge is 0.476 e. The minimum Gasteiger partial charge on any atom is -0.476 e. The lowest BCUT2D eigenvalue weighted by Gasteiger charge is -2.01. The van der Waals surface area contributed by atoms with E-state index in [1.807, 2.05) is 0 Å². The van der Waals surface area contributed by atoms with Gasteiger partial charge >= 0.3 is 11.9 Å². The van der Waals surface area contributed by atoms with Crippen LogP contribution in [0.1, 0.15) is 21.0 Å². The van der Waals surface area contributed by atoms with Crippen LogP contribution in [-0.4, -0.2) is 32.1 Å². The lowest BCUT2D eigenvalue weighted by molar-refractivity contribution is 0.0641. The van der Waals surface area contributed by atoms with Gasteiger partial charge in [0, 0.05) is 0 Å². The Balaban J connectivity index is 3.46. The maximum absolute atomic E-state index is 10.5. The van der Waals surface area contributed by atoms with Crippen molar-refractivity contribution < 1.29 is 19.8 Å². The van der Waals surface area contributed by atoms with Gasteiger partial charge in [-0.2, -0.15) is 0 Å². The van der Waals surface area contributed by atoms with E-state index >= 15 is 0 Å². The number of carbonyl (C=O) groups is 2. The van der Waals surface area contributed by atoms with Gasteiger partial charge in [0.2, 0.25) is 0 Å². The van der Waals surface area contributed by atoms with Gasteiger partial charge in [-0.05, 0) is 0 Å². The van der Waals surface area contributed by atoms with Crippen molar-refractivity contribution in [2.45, 2.75) is 0 Å². The van der Waals surface area contributed by atoms with Crippen LogP contribution in [-0.2, 0) is 0 Å². The average Bonchev–Trinajstić information content (AvgIpc) is 2.08. The Morgan fingerprint density at radius 3 is 1.43 bits per heavy atom. The number of aromatic nitrogens is 2. The van der Waals surface area contributed by atoms with E-state index in [-0.39, 0.29) is 10.3 Å². The molecule has 1 aromatic rings. The molecule has 0 aliphatic rings. The SMILES string of the molecule is O=C(O)c1nc(Cl)c(Cl)nc1C(=O)O. The monoisotopic (exact) mass is 236 g/mol. The van der Waals surface area contributed by atoms with Gasteiger partial charge in [-0.1, -0.05) is 23.2 Å². The number of nitrogens with zero attached hydrogens (tertiary/aromatic N) is 2. The van der Waals surface area contributed by atoms with Crippen molar-refractivity contribution in [3.8, 4) is 0 Å². The molecule has 0 bridgehead atoms. The number of carboxylic acids is 2. The maximum atomic E-state index is 10.5. The highest BCUT2D eigenvalue weighted by atomic mass is 35.5. The van der Waals surface area contributed by atoms with Crippen LogP contribution in [0, 0.1) is 0 Å². The molecule has 0 saturated heterocycles. The van der Waals surface area contributed by atoms with E-state index in [9.17, 15) is 9.59 Å². The normalized spacial score (nSPS) is 9.86. The van der Waals surface area contributed by atoms with Gasteiger partial charge in [0.25, 0.3) is 0 Å². The summed E-state index contributed by atoms with van der Waals surface area (Å²) in [6.07, 6.45) is 0. The first-order chi connectivity index (χ1) is 6.43. The van der Waals surface area contributed by atoms with E-state index in [0.717, 1.165) is 0 Å². The lowest BCUT2D eigenvalue weighted by Crippen LogP contribution is -2.13. The summed E-state index contributed by atoms with van der Waals surface area (Å²) in [5.41, 5.74) is -1.49. The molecular weight excluding hydrogens is 235 g/mol. The van der Waals surface area contributed by atoms with Crippen molar-refractivity contribution in [3.63, 3.8) is 0 Å². The second-order valence-corrected chi connectivity index (χ2v) is 2.83. The first-order valence-electron chi connectivity index (χ1n) is 3.13. The smallest absolute Gasteiger partial charge is 0.357 e. The standard InChI is InChI=1S/C6H2Cl2N2O4/c7-3-4(8)10-2(6(13)14)1(9-3)5(11)12/h(H,11,12)(H,13,14). The van der Waals surface area contributed by atoms with Crippen LogP contribution < -0.4 is 0 Å². The first kappa shape index (κ1) is 10.7. The molecule has 0 aliphatic carbocycles. The third kappa shape index (κ3) is 1.91. The summed E-state index contributed by atoms with van der Waals surface area (Å²) in [6, 6.07) is 0. The van der Waals surface area contributed by atoms with Crippen molar-refractivity contribution in [1.29, 1.82) is 0 Å². The summed E-state index contributed by atoms with van der Waals surface area (Å²) in [5, 5.41) is 16.4. The molecule has 0 saturated carbocycles. The summed E-state index contributed by atoms with van der Waals surface area (Å²) in [4.78, 5) is 27.6. The zero-order valence-electron chi connectivity index (χ0n) is 6.36. The van der Waals surface area contributed by atoms with Gasteiger partial charge in [0.15, 0.2) is 21.7 Å². The minimum atomic E-state index is -1.53. The van der Waals surface area contributed by atoms with Gasteiger partial charge < -0.3 is 10.2 Å². The van der Waals surface area contributed by atoms with Gasteiger partial charge in [-0.15, -0.1) is 0 Å². The predicted octanol–water partition coefficient (Wildman–Crippen LogP) is 1.18. The fourth-order valence-electron chi connectivity index (χ4n) is 0.693. The van der Waals surface area contributed by atoms with Gasteiger partial charge in [0.05, 0.1) is 0 Å². The molecule has 14 heavy (non-hydrogen) atoms. The molecule has 0 amide bonds. The van der Waals surface area contributed by atoms with Gasteiger partial charge in [-0.3, -0.25) is 0 Å².